The number of carbonyl (C=O) groups is 2. The van der Waals surface area contributed by atoms with Crippen LogP contribution in [0.3, 0.4) is 0 Å². The van der Waals surface area contributed by atoms with Crippen LogP contribution in [0.25, 0.3) is 6.08 Å². The van der Waals surface area contributed by atoms with Crippen LogP contribution >= 0.6 is 11.3 Å². The van der Waals surface area contributed by atoms with E-state index in [0.29, 0.717) is 6.54 Å². The van der Waals surface area contributed by atoms with Gasteiger partial charge >= 0.3 is 0 Å². The molecule has 1 aliphatic heterocycles. The number of benzene rings is 1. The molecule has 0 bridgehead atoms. The predicted octanol–water partition coefficient (Wildman–Crippen LogP) is 3.43. The Bertz CT molecular complexity index is 830. The highest BCUT2D eigenvalue weighted by molar-refractivity contribution is 7.07. The van der Waals surface area contributed by atoms with E-state index in [4.69, 9.17) is 0 Å². The summed E-state index contributed by atoms with van der Waals surface area (Å²) < 4.78 is 0. The quantitative estimate of drug-likeness (QED) is 0.831. The Morgan fingerprint density at radius 3 is 2.70 bits per heavy atom. The van der Waals surface area contributed by atoms with E-state index in [0.717, 1.165) is 11.1 Å². The normalized spacial score (nSPS) is 16.9. The summed E-state index contributed by atoms with van der Waals surface area (Å²) >= 11 is 1.65. The summed E-state index contributed by atoms with van der Waals surface area (Å²) in [6.45, 7) is 2.06. The SMILES string of the molecule is CC(=O)N1C=Cc2ccccc2[C@@H]1CC(=O)NC[C@@H](c1ccsc1)N(C)C. The van der Waals surface area contributed by atoms with E-state index in [1.54, 1.807) is 22.4 Å². The number of thiophene rings is 1. The molecule has 3 rings (SSSR count). The van der Waals surface area contributed by atoms with Crippen molar-refractivity contribution in [3.63, 3.8) is 0 Å². The van der Waals surface area contributed by atoms with Gasteiger partial charge in [-0.15, -0.1) is 0 Å². The molecule has 0 saturated carbocycles. The molecule has 2 heterocycles. The van der Waals surface area contributed by atoms with Gasteiger partial charge in [-0.25, -0.2) is 0 Å². The third-order valence-electron chi connectivity index (χ3n) is 4.89. The average molecular weight is 384 g/mol. The van der Waals surface area contributed by atoms with Gasteiger partial charge in [0.25, 0.3) is 0 Å². The molecule has 5 nitrogen and oxygen atoms in total. The number of carbonyl (C=O) groups excluding carboxylic acids is 2. The number of nitrogens with one attached hydrogen (secondary N) is 1. The summed E-state index contributed by atoms with van der Waals surface area (Å²) in [5.41, 5.74) is 3.26. The average Bonchev–Trinajstić information content (AvgIpc) is 3.16. The van der Waals surface area contributed by atoms with Crippen molar-refractivity contribution in [2.45, 2.75) is 25.4 Å². The molecule has 0 fully saturated rings. The number of rotatable bonds is 6. The fourth-order valence-corrected chi connectivity index (χ4v) is 4.14. The topological polar surface area (TPSA) is 52.7 Å². The summed E-state index contributed by atoms with van der Waals surface area (Å²) in [5, 5.41) is 7.20. The highest BCUT2D eigenvalue weighted by Crippen LogP contribution is 2.32. The zero-order valence-electron chi connectivity index (χ0n) is 15.9. The van der Waals surface area contributed by atoms with E-state index in [-0.39, 0.29) is 30.3 Å². The van der Waals surface area contributed by atoms with Crippen LogP contribution in [-0.4, -0.2) is 42.3 Å². The van der Waals surface area contributed by atoms with Crippen molar-refractivity contribution in [1.82, 2.24) is 15.1 Å². The molecule has 1 aliphatic rings. The zero-order chi connectivity index (χ0) is 19.4. The van der Waals surface area contributed by atoms with Crippen LogP contribution < -0.4 is 5.32 Å². The molecular weight excluding hydrogens is 358 g/mol. The van der Waals surface area contributed by atoms with Crippen molar-refractivity contribution in [3.8, 4) is 0 Å². The molecule has 142 valence electrons. The molecule has 0 saturated heterocycles. The van der Waals surface area contributed by atoms with Crippen LogP contribution in [0.5, 0.6) is 0 Å². The van der Waals surface area contributed by atoms with Crippen molar-refractivity contribution >= 4 is 29.2 Å². The molecule has 1 aromatic carbocycles. The van der Waals surface area contributed by atoms with Gasteiger partial charge in [-0.05, 0) is 53.7 Å². The summed E-state index contributed by atoms with van der Waals surface area (Å²) in [4.78, 5) is 28.5. The lowest BCUT2D eigenvalue weighted by Gasteiger charge is -2.32. The fourth-order valence-electron chi connectivity index (χ4n) is 3.43. The Morgan fingerprint density at radius 1 is 1.26 bits per heavy atom. The summed E-state index contributed by atoms with van der Waals surface area (Å²) in [5.74, 6) is -0.124. The molecule has 1 aromatic heterocycles. The van der Waals surface area contributed by atoms with Crippen molar-refractivity contribution in [1.29, 1.82) is 0 Å². The van der Waals surface area contributed by atoms with Crippen LogP contribution in [0.15, 0.2) is 47.3 Å². The largest absolute Gasteiger partial charge is 0.354 e. The minimum Gasteiger partial charge on any atom is -0.354 e. The summed E-state index contributed by atoms with van der Waals surface area (Å²) in [6, 6.07) is 9.84. The lowest BCUT2D eigenvalue weighted by molar-refractivity contribution is -0.130. The number of amides is 2. The second-order valence-electron chi connectivity index (χ2n) is 6.93. The first-order valence-electron chi connectivity index (χ1n) is 8.98. The standard InChI is InChI=1S/C21H25N3O2S/c1-15(25)24-10-8-16-6-4-5-7-18(16)19(24)12-21(26)22-13-20(23(2)3)17-9-11-27-14-17/h4-11,14,19-20H,12-13H2,1-3H3,(H,22,26)/t19-,20-/m0/s1. The molecule has 1 N–H and O–H groups in total. The van der Waals surface area contributed by atoms with Crippen LogP contribution in [0.4, 0.5) is 0 Å². The zero-order valence-corrected chi connectivity index (χ0v) is 16.7. The van der Waals surface area contributed by atoms with E-state index >= 15 is 0 Å². The lowest BCUT2D eigenvalue weighted by Crippen LogP contribution is -2.38. The molecule has 0 unspecified atom stereocenters. The van der Waals surface area contributed by atoms with Crippen LogP contribution in [0.1, 0.15) is 42.1 Å². The highest BCUT2D eigenvalue weighted by Gasteiger charge is 2.28. The van der Waals surface area contributed by atoms with Crippen molar-refractivity contribution in [2.75, 3.05) is 20.6 Å². The lowest BCUT2D eigenvalue weighted by atomic mass is 9.93. The van der Waals surface area contributed by atoms with Crippen LogP contribution in [0, 0.1) is 0 Å². The first-order chi connectivity index (χ1) is 13.0. The Hall–Kier alpha value is -2.44. The van der Waals surface area contributed by atoms with Gasteiger partial charge in [-0.1, -0.05) is 24.3 Å². The van der Waals surface area contributed by atoms with Crippen molar-refractivity contribution in [2.24, 2.45) is 0 Å². The molecule has 2 aromatic rings. The second-order valence-corrected chi connectivity index (χ2v) is 7.71. The highest BCUT2D eigenvalue weighted by atomic mass is 32.1. The molecule has 2 amide bonds. The summed E-state index contributed by atoms with van der Waals surface area (Å²) in [7, 11) is 4.02. The minimum absolute atomic E-state index is 0.0570. The summed E-state index contributed by atoms with van der Waals surface area (Å²) in [6.07, 6.45) is 3.94. The maximum absolute atomic E-state index is 12.7. The van der Waals surface area contributed by atoms with Gasteiger partial charge in [0.2, 0.25) is 11.8 Å². The van der Waals surface area contributed by atoms with Crippen LogP contribution in [-0.2, 0) is 9.59 Å². The van der Waals surface area contributed by atoms with Crippen LogP contribution in [0.2, 0.25) is 0 Å². The van der Waals surface area contributed by atoms with Gasteiger partial charge in [0.1, 0.15) is 0 Å². The molecule has 0 spiro atoms. The fraction of sp³-hybridized carbons (Fsp3) is 0.333. The number of fused-ring (bicyclic) bond motifs is 1. The van der Waals surface area contributed by atoms with E-state index < -0.39 is 0 Å². The Kier molecular flexibility index (Phi) is 6.08. The Morgan fingerprint density at radius 2 is 2.04 bits per heavy atom. The van der Waals surface area contributed by atoms with Gasteiger partial charge in [0, 0.05) is 19.7 Å². The number of nitrogens with zero attached hydrogens (tertiary/aromatic N) is 2. The smallest absolute Gasteiger partial charge is 0.223 e. The van der Waals surface area contributed by atoms with Gasteiger partial charge in [-0.2, -0.15) is 11.3 Å². The molecular formula is C21H25N3O2S. The van der Waals surface area contributed by atoms with E-state index in [1.807, 2.05) is 49.8 Å². The van der Waals surface area contributed by atoms with Crippen molar-refractivity contribution < 1.29 is 9.59 Å². The Balaban J connectivity index is 1.70. The monoisotopic (exact) mass is 383 g/mol. The third kappa shape index (κ3) is 4.46. The predicted molar refractivity (Wildman–Crippen MR) is 109 cm³/mol. The molecule has 0 radical (unpaired) electrons. The Labute approximate surface area is 164 Å². The number of hydrogen-bond acceptors (Lipinski definition) is 4. The van der Waals surface area contributed by atoms with Gasteiger partial charge in [0.05, 0.1) is 18.5 Å². The maximum Gasteiger partial charge on any atom is 0.223 e. The van der Waals surface area contributed by atoms with Gasteiger partial charge in [-0.3, -0.25) is 9.59 Å². The minimum atomic E-state index is -0.275. The maximum atomic E-state index is 12.7. The molecule has 27 heavy (non-hydrogen) atoms. The van der Waals surface area contributed by atoms with E-state index in [2.05, 4.69) is 21.7 Å². The van der Waals surface area contributed by atoms with E-state index in [9.17, 15) is 9.59 Å². The third-order valence-corrected chi connectivity index (χ3v) is 5.59. The van der Waals surface area contributed by atoms with Crippen molar-refractivity contribution in [3.05, 3.63) is 64.0 Å². The first kappa shape index (κ1) is 19.3. The molecule has 0 aliphatic carbocycles. The number of hydrogen-bond donors (Lipinski definition) is 1. The van der Waals surface area contributed by atoms with E-state index in [1.165, 1.54) is 12.5 Å². The second kappa shape index (κ2) is 8.50. The molecule has 2 atom stereocenters. The van der Waals surface area contributed by atoms with Gasteiger partial charge in [0.15, 0.2) is 0 Å². The molecule has 6 heteroatoms. The number of likely N-dealkylation sites (N-methyl/N-ethyl adjacent to an activating group) is 1. The first-order valence-corrected chi connectivity index (χ1v) is 9.93. The van der Waals surface area contributed by atoms with Gasteiger partial charge < -0.3 is 15.1 Å².